The molecule has 0 spiro atoms. The summed E-state index contributed by atoms with van der Waals surface area (Å²) in [6, 6.07) is 12.8. The van der Waals surface area contributed by atoms with E-state index in [-0.39, 0.29) is 17.0 Å². The van der Waals surface area contributed by atoms with Gasteiger partial charge in [-0.15, -0.1) is 11.3 Å². The van der Waals surface area contributed by atoms with Crippen LogP contribution in [-0.2, 0) is 4.79 Å². The highest BCUT2D eigenvalue weighted by Gasteiger charge is 2.54. The third-order valence-corrected chi connectivity index (χ3v) is 9.43. The van der Waals surface area contributed by atoms with E-state index in [2.05, 4.69) is 10.3 Å². The van der Waals surface area contributed by atoms with Crippen LogP contribution < -0.4 is 5.32 Å². The summed E-state index contributed by atoms with van der Waals surface area (Å²) in [5.74, 6) is 2.06. The Morgan fingerprint density at radius 2 is 1.78 bits per heavy atom. The number of carbonyl (C=O) groups is 1. The van der Waals surface area contributed by atoms with Gasteiger partial charge < -0.3 is 5.32 Å². The highest BCUT2D eigenvalue weighted by molar-refractivity contribution is 8.01. The molecule has 4 fully saturated rings. The number of nitrogens with zero attached hydrogens (tertiary/aromatic N) is 2. The summed E-state index contributed by atoms with van der Waals surface area (Å²) in [5, 5.41) is 14.7. The number of nitro benzene ring substituents is 1. The zero-order chi connectivity index (χ0) is 21.9. The number of benzene rings is 2. The molecule has 0 radical (unpaired) electrons. The van der Waals surface area contributed by atoms with Gasteiger partial charge in [-0.3, -0.25) is 14.9 Å². The average Bonchev–Trinajstić information content (AvgIpc) is 3.14. The van der Waals surface area contributed by atoms with E-state index in [0.717, 1.165) is 33.8 Å². The number of nitro groups is 1. The second-order valence-corrected chi connectivity index (χ2v) is 12.0. The molecule has 6 nitrogen and oxygen atoms in total. The number of nitrogens with one attached hydrogen (secondary N) is 1. The SMILES string of the molecule is O=C(Nc1cc(Sc2nc3ccccc3s2)cc([N+](=O)[O-])c1)C12CC3CC(CC(C3)C1)C2. The number of fused-ring (bicyclic) bond motifs is 1. The van der Waals surface area contributed by atoms with Gasteiger partial charge in [0.25, 0.3) is 5.69 Å². The molecule has 1 amide bonds. The van der Waals surface area contributed by atoms with Crippen molar-refractivity contribution in [2.75, 3.05) is 5.32 Å². The highest BCUT2D eigenvalue weighted by atomic mass is 32.2. The molecule has 4 bridgehead atoms. The Morgan fingerprint density at radius 1 is 1.09 bits per heavy atom. The molecule has 1 aromatic heterocycles. The van der Waals surface area contributed by atoms with Gasteiger partial charge in [-0.25, -0.2) is 4.98 Å². The number of hydrogen-bond donors (Lipinski definition) is 1. The average molecular weight is 466 g/mol. The maximum atomic E-state index is 13.4. The number of para-hydroxylation sites is 1. The van der Waals surface area contributed by atoms with Crippen molar-refractivity contribution in [1.29, 1.82) is 0 Å². The topological polar surface area (TPSA) is 85.1 Å². The Morgan fingerprint density at radius 3 is 2.44 bits per heavy atom. The van der Waals surface area contributed by atoms with Crippen molar-refractivity contribution in [2.24, 2.45) is 23.2 Å². The molecule has 0 unspecified atom stereocenters. The van der Waals surface area contributed by atoms with Crippen LogP contribution in [0.1, 0.15) is 38.5 Å². The number of hydrogen-bond acceptors (Lipinski definition) is 6. The minimum absolute atomic E-state index is 0.0167. The van der Waals surface area contributed by atoms with Gasteiger partial charge in [0.2, 0.25) is 5.91 Å². The molecular weight excluding hydrogens is 442 g/mol. The van der Waals surface area contributed by atoms with Crippen LogP contribution >= 0.6 is 23.1 Å². The predicted octanol–water partition coefficient (Wildman–Crippen LogP) is 6.51. The van der Waals surface area contributed by atoms with E-state index in [1.165, 1.54) is 37.1 Å². The van der Waals surface area contributed by atoms with Crippen molar-refractivity contribution < 1.29 is 9.72 Å². The van der Waals surface area contributed by atoms with E-state index in [0.29, 0.717) is 28.3 Å². The van der Waals surface area contributed by atoms with Crippen molar-refractivity contribution >= 4 is 50.6 Å². The fourth-order valence-electron chi connectivity index (χ4n) is 6.47. The molecule has 4 aliphatic rings. The molecule has 7 rings (SSSR count). The van der Waals surface area contributed by atoms with E-state index < -0.39 is 4.92 Å². The maximum absolute atomic E-state index is 13.4. The van der Waals surface area contributed by atoms with Crippen molar-refractivity contribution in [3.8, 4) is 0 Å². The van der Waals surface area contributed by atoms with Crippen LogP contribution in [0.3, 0.4) is 0 Å². The normalized spacial score (nSPS) is 28.2. The lowest BCUT2D eigenvalue weighted by Crippen LogP contribution is -2.51. The lowest BCUT2D eigenvalue weighted by atomic mass is 9.49. The van der Waals surface area contributed by atoms with Gasteiger partial charge in [0, 0.05) is 22.7 Å². The largest absolute Gasteiger partial charge is 0.325 e. The molecule has 3 aromatic rings. The van der Waals surface area contributed by atoms with E-state index in [9.17, 15) is 14.9 Å². The van der Waals surface area contributed by atoms with Crippen LogP contribution in [0.4, 0.5) is 11.4 Å². The Balaban J connectivity index is 1.27. The van der Waals surface area contributed by atoms with Crippen LogP contribution in [0.5, 0.6) is 0 Å². The fourth-order valence-corrected chi connectivity index (χ4v) is 8.60. The lowest BCUT2D eigenvalue weighted by molar-refractivity contribution is -0.385. The van der Waals surface area contributed by atoms with Crippen LogP contribution in [-0.4, -0.2) is 15.8 Å². The van der Waals surface area contributed by atoms with Crippen molar-refractivity contribution in [3.05, 3.63) is 52.6 Å². The first-order valence-corrected chi connectivity index (χ1v) is 12.7. The van der Waals surface area contributed by atoms with Crippen molar-refractivity contribution in [3.63, 3.8) is 0 Å². The summed E-state index contributed by atoms with van der Waals surface area (Å²) >= 11 is 2.96. The standard InChI is InChI=1S/C24H23N3O3S2/c28-22(24-11-14-5-15(12-24)7-16(6-14)13-24)25-17-8-18(27(29)30)10-19(9-17)31-23-26-20-3-1-2-4-21(20)32-23/h1-4,8-10,14-16H,5-7,11-13H2,(H,25,28). The molecule has 8 heteroatoms. The first-order chi connectivity index (χ1) is 15.5. The quantitative estimate of drug-likeness (QED) is 0.343. The van der Waals surface area contributed by atoms with Gasteiger partial charge in [0.1, 0.15) is 0 Å². The third-order valence-electron chi connectivity index (χ3n) is 7.36. The van der Waals surface area contributed by atoms with Crippen molar-refractivity contribution in [1.82, 2.24) is 4.98 Å². The molecule has 1 heterocycles. The van der Waals surface area contributed by atoms with E-state index in [4.69, 9.17) is 0 Å². The summed E-state index contributed by atoms with van der Waals surface area (Å²) in [4.78, 5) is 29.9. The number of carbonyl (C=O) groups excluding carboxylic acids is 1. The minimum atomic E-state index is -0.400. The van der Waals surface area contributed by atoms with Gasteiger partial charge in [-0.05, 0) is 74.5 Å². The van der Waals surface area contributed by atoms with Crippen LogP contribution in [0, 0.1) is 33.3 Å². The molecule has 1 N–H and O–H groups in total. The molecular formula is C24H23N3O3S2. The third kappa shape index (κ3) is 3.59. The molecule has 164 valence electrons. The van der Waals surface area contributed by atoms with E-state index in [1.807, 2.05) is 30.3 Å². The molecule has 0 aliphatic heterocycles. The summed E-state index contributed by atoms with van der Waals surface area (Å²) < 4.78 is 1.90. The fraction of sp³-hybridized carbons (Fsp3) is 0.417. The first-order valence-electron chi connectivity index (χ1n) is 11.1. The Labute approximate surface area is 194 Å². The van der Waals surface area contributed by atoms with Gasteiger partial charge in [0.05, 0.1) is 20.6 Å². The summed E-state index contributed by atoms with van der Waals surface area (Å²) in [7, 11) is 0. The monoisotopic (exact) mass is 465 g/mol. The van der Waals surface area contributed by atoms with Gasteiger partial charge in [-0.2, -0.15) is 0 Å². The highest BCUT2D eigenvalue weighted by Crippen LogP contribution is 2.60. The van der Waals surface area contributed by atoms with Gasteiger partial charge in [-0.1, -0.05) is 23.9 Å². The first kappa shape index (κ1) is 20.2. The number of anilines is 1. The summed E-state index contributed by atoms with van der Waals surface area (Å²) in [6.45, 7) is 0. The predicted molar refractivity (Wildman–Crippen MR) is 126 cm³/mol. The van der Waals surface area contributed by atoms with Gasteiger partial charge >= 0.3 is 0 Å². The van der Waals surface area contributed by atoms with Gasteiger partial charge in [0.15, 0.2) is 4.34 Å². The van der Waals surface area contributed by atoms with Crippen molar-refractivity contribution in [2.45, 2.75) is 47.8 Å². The second kappa shape index (κ2) is 7.56. The Kier molecular flexibility index (Phi) is 4.76. The maximum Gasteiger partial charge on any atom is 0.272 e. The minimum Gasteiger partial charge on any atom is -0.325 e. The zero-order valence-electron chi connectivity index (χ0n) is 17.5. The molecule has 0 atom stereocenters. The molecule has 32 heavy (non-hydrogen) atoms. The van der Waals surface area contributed by atoms with E-state index in [1.54, 1.807) is 17.4 Å². The van der Waals surface area contributed by atoms with Crippen LogP contribution in [0.2, 0.25) is 0 Å². The number of amides is 1. The molecule has 4 saturated carbocycles. The zero-order valence-corrected chi connectivity index (χ0v) is 19.1. The number of rotatable bonds is 5. The number of thiazole rings is 1. The summed E-state index contributed by atoms with van der Waals surface area (Å²) in [6.07, 6.45) is 6.71. The van der Waals surface area contributed by atoms with Crippen LogP contribution in [0.15, 0.2) is 51.7 Å². The lowest BCUT2D eigenvalue weighted by Gasteiger charge is -2.55. The number of aromatic nitrogens is 1. The molecule has 2 aromatic carbocycles. The molecule has 0 saturated heterocycles. The molecule has 4 aliphatic carbocycles. The van der Waals surface area contributed by atoms with E-state index >= 15 is 0 Å². The smallest absolute Gasteiger partial charge is 0.272 e. The Bertz CT molecular complexity index is 1170. The summed E-state index contributed by atoms with van der Waals surface area (Å²) in [5.41, 5.74) is 1.11. The van der Waals surface area contributed by atoms with Crippen LogP contribution in [0.25, 0.3) is 10.2 Å². The second-order valence-electron chi connectivity index (χ2n) is 9.67. The Hall–Kier alpha value is -2.45. The number of non-ortho nitro benzene ring substituents is 1.